The van der Waals surface area contributed by atoms with Crippen LogP contribution in [0.15, 0.2) is 59.0 Å². The van der Waals surface area contributed by atoms with Gasteiger partial charge < -0.3 is 9.73 Å². The lowest BCUT2D eigenvalue weighted by atomic mass is 9.92. The van der Waals surface area contributed by atoms with Crippen LogP contribution in [0.2, 0.25) is 0 Å². The van der Waals surface area contributed by atoms with Gasteiger partial charge in [-0.15, -0.1) is 0 Å². The first-order valence-electron chi connectivity index (χ1n) is 8.43. The molecule has 1 atom stereocenters. The Bertz CT molecular complexity index is 1070. The molecule has 1 aromatic heterocycles. The summed E-state index contributed by atoms with van der Waals surface area (Å²) in [6.07, 6.45) is 0. The molecule has 0 aliphatic carbocycles. The zero-order chi connectivity index (χ0) is 19.2. The summed E-state index contributed by atoms with van der Waals surface area (Å²) < 4.78 is 5.60. The Kier molecular flexibility index (Phi) is 3.73. The zero-order valence-corrected chi connectivity index (χ0v) is 14.8. The van der Waals surface area contributed by atoms with Crippen LogP contribution in [-0.4, -0.2) is 22.9 Å². The molecule has 2 aromatic carbocycles. The van der Waals surface area contributed by atoms with Crippen molar-refractivity contribution < 1.29 is 18.8 Å². The molecule has 1 fully saturated rings. The van der Waals surface area contributed by atoms with E-state index in [0.29, 0.717) is 21.7 Å². The number of nitrogens with zero attached hydrogens (tertiary/aromatic N) is 1. The van der Waals surface area contributed by atoms with E-state index in [1.807, 2.05) is 18.2 Å². The van der Waals surface area contributed by atoms with Crippen LogP contribution in [0.5, 0.6) is 0 Å². The van der Waals surface area contributed by atoms with Crippen molar-refractivity contribution in [1.82, 2.24) is 15.8 Å². The number of fused-ring (bicyclic) bond motifs is 1. The third kappa shape index (κ3) is 2.55. The Morgan fingerprint density at radius 3 is 2.44 bits per heavy atom. The SMILES string of the molecule is Cc1c(C(=O)NN2C(=O)NC(C)(c3ccccc3)C2=O)oc2ccccc12. The van der Waals surface area contributed by atoms with E-state index >= 15 is 0 Å². The fraction of sp³-hybridized carbons (Fsp3) is 0.150. The summed E-state index contributed by atoms with van der Waals surface area (Å²) >= 11 is 0. The quantitative estimate of drug-likeness (QED) is 0.700. The molecule has 0 saturated carbocycles. The van der Waals surface area contributed by atoms with Gasteiger partial charge in [0.05, 0.1) is 0 Å². The van der Waals surface area contributed by atoms with Crippen molar-refractivity contribution in [2.75, 3.05) is 0 Å². The molecule has 136 valence electrons. The number of hydrazine groups is 1. The van der Waals surface area contributed by atoms with E-state index in [1.165, 1.54) is 0 Å². The second-order valence-corrected chi connectivity index (χ2v) is 6.56. The average molecular weight is 363 g/mol. The van der Waals surface area contributed by atoms with Crippen molar-refractivity contribution in [3.8, 4) is 0 Å². The highest BCUT2D eigenvalue weighted by Gasteiger charge is 2.50. The van der Waals surface area contributed by atoms with Gasteiger partial charge in [0, 0.05) is 10.9 Å². The van der Waals surface area contributed by atoms with E-state index in [0.717, 1.165) is 5.39 Å². The molecule has 1 saturated heterocycles. The Morgan fingerprint density at radius 2 is 1.74 bits per heavy atom. The first kappa shape index (κ1) is 16.8. The molecule has 7 heteroatoms. The van der Waals surface area contributed by atoms with E-state index in [2.05, 4.69) is 10.7 Å². The summed E-state index contributed by atoms with van der Waals surface area (Å²) in [5, 5.41) is 4.13. The molecule has 4 amide bonds. The van der Waals surface area contributed by atoms with Gasteiger partial charge in [-0.25, -0.2) is 10.2 Å². The molecule has 1 aliphatic rings. The van der Waals surface area contributed by atoms with Crippen LogP contribution in [0.3, 0.4) is 0 Å². The Morgan fingerprint density at radius 1 is 1.07 bits per heavy atom. The van der Waals surface area contributed by atoms with Gasteiger partial charge in [0.2, 0.25) is 0 Å². The van der Waals surface area contributed by atoms with Gasteiger partial charge in [-0.2, -0.15) is 5.01 Å². The molecule has 0 spiro atoms. The van der Waals surface area contributed by atoms with E-state index in [-0.39, 0.29) is 5.76 Å². The second kappa shape index (κ2) is 5.98. The first-order chi connectivity index (χ1) is 12.9. The number of aryl methyl sites for hydroxylation is 1. The number of hydrogen-bond donors (Lipinski definition) is 2. The van der Waals surface area contributed by atoms with Gasteiger partial charge in [-0.1, -0.05) is 48.5 Å². The standard InChI is InChI=1S/C20H17N3O4/c1-12-14-10-6-7-11-15(14)27-16(12)17(24)22-23-18(25)20(2,21-19(23)26)13-8-4-3-5-9-13/h3-11H,1-2H3,(H,21,26)(H,22,24). The minimum Gasteiger partial charge on any atom is -0.451 e. The lowest BCUT2D eigenvalue weighted by Gasteiger charge is -2.21. The summed E-state index contributed by atoms with van der Waals surface area (Å²) in [6.45, 7) is 3.35. The van der Waals surface area contributed by atoms with Gasteiger partial charge in [-0.3, -0.25) is 9.59 Å². The summed E-state index contributed by atoms with van der Waals surface area (Å²) in [5.74, 6) is -1.17. The number of furan rings is 1. The number of urea groups is 1. The maximum Gasteiger partial charge on any atom is 0.344 e. The third-order valence-corrected chi connectivity index (χ3v) is 4.81. The molecule has 27 heavy (non-hydrogen) atoms. The van der Waals surface area contributed by atoms with Crippen molar-refractivity contribution in [3.63, 3.8) is 0 Å². The van der Waals surface area contributed by atoms with Crippen molar-refractivity contribution in [3.05, 3.63) is 71.5 Å². The number of imide groups is 1. The largest absolute Gasteiger partial charge is 0.451 e. The highest BCUT2D eigenvalue weighted by atomic mass is 16.3. The Hall–Kier alpha value is -3.61. The Labute approximate surface area is 154 Å². The van der Waals surface area contributed by atoms with Gasteiger partial charge in [0.25, 0.3) is 5.91 Å². The van der Waals surface area contributed by atoms with Crippen LogP contribution < -0.4 is 10.7 Å². The van der Waals surface area contributed by atoms with Crippen molar-refractivity contribution in [2.45, 2.75) is 19.4 Å². The number of amides is 4. The zero-order valence-electron chi connectivity index (χ0n) is 14.8. The normalized spacial score (nSPS) is 19.4. The topological polar surface area (TPSA) is 91.7 Å². The highest BCUT2D eigenvalue weighted by Crippen LogP contribution is 2.29. The lowest BCUT2D eigenvalue weighted by Crippen LogP contribution is -2.48. The predicted molar refractivity (Wildman–Crippen MR) is 97.6 cm³/mol. The van der Waals surface area contributed by atoms with Gasteiger partial charge in [-0.05, 0) is 25.5 Å². The van der Waals surface area contributed by atoms with Crippen molar-refractivity contribution in [2.24, 2.45) is 0 Å². The van der Waals surface area contributed by atoms with Crippen molar-refractivity contribution in [1.29, 1.82) is 0 Å². The Balaban J connectivity index is 1.62. The fourth-order valence-electron chi connectivity index (χ4n) is 3.25. The maximum atomic E-state index is 12.9. The van der Waals surface area contributed by atoms with Crippen LogP contribution in [0.1, 0.15) is 28.6 Å². The summed E-state index contributed by atoms with van der Waals surface area (Å²) in [5.41, 5.74) is 2.93. The highest BCUT2D eigenvalue weighted by molar-refractivity contribution is 6.09. The molecule has 0 bridgehead atoms. The third-order valence-electron chi connectivity index (χ3n) is 4.81. The van der Waals surface area contributed by atoms with Crippen LogP contribution in [0, 0.1) is 6.92 Å². The maximum absolute atomic E-state index is 12.9. The number of benzene rings is 2. The van der Waals surface area contributed by atoms with Gasteiger partial charge >= 0.3 is 11.9 Å². The monoisotopic (exact) mass is 363 g/mol. The van der Waals surface area contributed by atoms with E-state index in [4.69, 9.17) is 4.42 Å². The first-order valence-corrected chi connectivity index (χ1v) is 8.43. The molecule has 1 unspecified atom stereocenters. The molecular weight excluding hydrogens is 346 g/mol. The number of hydrogen-bond acceptors (Lipinski definition) is 4. The average Bonchev–Trinajstić information content (AvgIpc) is 3.13. The number of carbonyl (C=O) groups excluding carboxylic acids is 3. The minimum atomic E-state index is -1.26. The molecule has 4 rings (SSSR count). The van der Waals surface area contributed by atoms with E-state index < -0.39 is 23.4 Å². The summed E-state index contributed by atoms with van der Waals surface area (Å²) in [4.78, 5) is 37.9. The van der Waals surface area contributed by atoms with Crippen LogP contribution in [0.25, 0.3) is 11.0 Å². The van der Waals surface area contributed by atoms with Crippen molar-refractivity contribution >= 4 is 28.8 Å². The molecule has 7 nitrogen and oxygen atoms in total. The summed E-state index contributed by atoms with van der Waals surface area (Å²) in [6, 6.07) is 15.4. The van der Waals surface area contributed by atoms with Crippen LogP contribution in [0.4, 0.5) is 4.79 Å². The van der Waals surface area contributed by atoms with Crippen LogP contribution in [-0.2, 0) is 10.3 Å². The van der Waals surface area contributed by atoms with E-state index in [9.17, 15) is 14.4 Å². The minimum absolute atomic E-state index is 0.0603. The smallest absolute Gasteiger partial charge is 0.344 e. The number of carbonyl (C=O) groups is 3. The predicted octanol–water partition coefficient (Wildman–Crippen LogP) is 2.85. The molecule has 3 aromatic rings. The van der Waals surface area contributed by atoms with E-state index in [1.54, 1.807) is 50.2 Å². The van der Waals surface area contributed by atoms with Gasteiger partial charge in [0.1, 0.15) is 11.1 Å². The van der Waals surface area contributed by atoms with Crippen LogP contribution >= 0.6 is 0 Å². The molecule has 2 heterocycles. The number of nitrogens with one attached hydrogen (secondary N) is 2. The lowest BCUT2D eigenvalue weighted by molar-refractivity contribution is -0.132. The number of rotatable bonds is 3. The second-order valence-electron chi connectivity index (χ2n) is 6.56. The van der Waals surface area contributed by atoms with Gasteiger partial charge in [0.15, 0.2) is 5.76 Å². The molecule has 0 radical (unpaired) electrons. The summed E-state index contributed by atoms with van der Waals surface area (Å²) in [7, 11) is 0. The molecule has 2 N–H and O–H groups in total. The number of para-hydroxylation sites is 1. The molecular formula is C20H17N3O4. The fourth-order valence-corrected chi connectivity index (χ4v) is 3.25. The molecule has 1 aliphatic heterocycles.